The van der Waals surface area contributed by atoms with Gasteiger partial charge in [-0.2, -0.15) is 0 Å². The molecule has 3 saturated carbocycles. The standard InChI is InChI=1S/C22H32O2S2/c1-5-26-22(25-4)11-9-17-16-7-6-14-12-15(23)8-10-20(14,2)19(16)18(24)13-21(17,22)3/h8,10,12,16-19,24H,5-7,9,11,13H2,1-4H3/t16-,17-,18-,19+,20-,21-,22-/m0/s1. The zero-order valence-electron chi connectivity index (χ0n) is 16.5. The van der Waals surface area contributed by atoms with Gasteiger partial charge in [-0.15, -0.1) is 23.5 Å². The van der Waals surface area contributed by atoms with Crippen LogP contribution < -0.4 is 0 Å². The van der Waals surface area contributed by atoms with Crippen LogP contribution in [0.1, 0.15) is 52.9 Å². The Kier molecular flexibility index (Phi) is 4.73. The van der Waals surface area contributed by atoms with Crippen LogP contribution in [0.2, 0.25) is 0 Å². The molecule has 0 aliphatic heterocycles. The highest BCUT2D eigenvalue weighted by Gasteiger charge is 2.66. The normalized spacial score (nSPS) is 50.0. The predicted molar refractivity (Wildman–Crippen MR) is 112 cm³/mol. The number of hydrogen-bond acceptors (Lipinski definition) is 4. The maximum absolute atomic E-state index is 11.9. The highest BCUT2D eigenvalue weighted by Crippen LogP contribution is 2.71. The van der Waals surface area contributed by atoms with Crippen LogP contribution in [-0.4, -0.2) is 33.1 Å². The Morgan fingerprint density at radius 2 is 2.08 bits per heavy atom. The van der Waals surface area contributed by atoms with Gasteiger partial charge in [0.05, 0.1) is 10.2 Å². The molecule has 0 radical (unpaired) electrons. The summed E-state index contributed by atoms with van der Waals surface area (Å²) in [6, 6.07) is 0. The summed E-state index contributed by atoms with van der Waals surface area (Å²) in [5.74, 6) is 2.77. The van der Waals surface area contributed by atoms with E-state index < -0.39 is 0 Å². The molecule has 26 heavy (non-hydrogen) atoms. The van der Waals surface area contributed by atoms with Crippen LogP contribution in [0.4, 0.5) is 0 Å². The monoisotopic (exact) mass is 392 g/mol. The number of ketones is 1. The molecule has 0 aromatic carbocycles. The quantitative estimate of drug-likeness (QED) is 0.680. The molecule has 4 aliphatic carbocycles. The van der Waals surface area contributed by atoms with Gasteiger partial charge in [0.25, 0.3) is 0 Å². The van der Waals surface area contributed by atoms with E-state index in [9.17, 15) is 9.90 Å². The molecule has 2 nitrogen and oxygen atoms in total. The van der Waals surface area contributed by atoms with Crippen molar-refractivity contribution in [2.75, 3.05) is 12.0 Å². The molecule has 0 amide bonds. The van der Waals surface area contributed by atoms with Crippen molar-refractivity contribution in [2.24, 2.45) is 28.6 Å². The van der Waals surface area contributed by atoms with Crippen LogP contribution in [0.5, 0.6) is 0 Å². The highest BCUT2D eigenvalue weighted by atomic mass is 32.2. The van der Waals surface area contributed by atoms with E-state index in [-0.39, 0.29) is 32.7 Å². The first kappa shape index (κ1) is 19.1. The molecular formula is C22H32O2S2. The van der Waals surface area contributed by atoms with Gasteiger partial charge in [-0.25, -0.2) is 0 Å². The SMILES string of the molecule is CCS[C@@]1(SC)CC[C@H]2[C@@H]3CCC4=CC(=O)C=C[C@]4(C)[C@H]3[C@@H](O)C[C@@]21C. The number of thioether (sulfide) groups is 2. The summed E-state index contributed by atoms with van der Waals surface area (Å²) in [4.78, 5) is 11.9. The molecule has 1 N–H and O–H groups in total. The molecule has 144 valence electrons. The van der Waals surface area contributed by atoms with Crippen molar-refractivity contribution in [2.45, 2.75) is 63.1 Å². The third-order valence-corrected chi connectivity index (χ3v) is 11.9. The van der Waals surface area contributed by atoms with Gasteiger partial charge in [0.2, 0.25) is 0 Å². The lowest BCUT2D eigenvalue weighted by Gasteiger charge is -2.60. The van der Waals surface area contributed by atoms with E-state index in [1.165, 1.54) is 18.4 Å². The molecule has 4 rings (SSSR count). The Bertz CT molecular complexity index is 671. The Morgan fingerprint density at radius 1 is 1.31 bits per heavy atom. The van der Waals surface area contributed by atoms with Gasteiger partial charge in [-0.05, 0) is 73.5 Å². The second-order valence-corrected chi connectivity index (χ2v) is 12.1. The van der Waals surface area contributed by atoms with Gasteiger partial charge in [-0.1, -0.05) is 32.4 Å². The van der Waals surface area contributed by atoms with Crippen molar-refractivity contribution in [3.63, 3.8) is 0 Å². The molecule has 0 spiro atoms. The second-order valence-electron chi connectivity index (χ2n) is 9.14. The minimum absolute atomic E-state index is 0.118. The number of fused-ring (bicyclic) bond motifs is 5. The first-order valence-corrected chi connectivity index (χ1v) is 12.3. The van der Waals surface area contributed by atoms with E-state index in [1.807, 2.05) is 17.8 Å². The van der Waals surface area contributed by atoms with E-state index in [0.29, 0.717) is 11.8 Å². The Balaban J connectivity index is 1.73. The molecule has 0 heterocycles. The average Bonchev–Trinajstić information content (AvgIpc) is 2.88. The van der Waals surface area contributed by atoms with E-state index in [0.717, 1.165) is 25.0 Å². The zero-order valence-corrected chi connectivity index (χ0v) is 18.1. The first-order chi connectivity index (χ1) is 12.3. The lowest BCUT2D eigenvalue weighted by atomic mass is 9.47. The third-order valence-electron chi connectivity index (χ3n) is 8.25. The Hall–Kier alpha value is -0.190. The molecule has 4 heteroatoms. The molecule has 0 bridgehead atoms. The van der Waals surface area contributed by atoms with Crippen LogP contribution in [0.25, 0.3) is 0 Å². The van der Waals surface area contributed by atoms with E-state index in [4.69, 9.17) is 0 Å². The number of carbonyl (C=O) groups is 1. The Morgan fingerprint density at radius 3 is 2.77 bits per heavy atom. The van der Waals surface area contributed by atoms with Gasteiger partial charge >= 0.3 is 0 Å². The third kappa shape index (κ3) is 2.40. The zero-order chi connectivity index (χ0) is 18.7. The van der Waals surface area contributed by atoms with Crippen molar-refractivity contribution in [3.8, 4) is 0 Å². The molecule has 0 aromatic rings. The van der Waals surface area contributed by atoms with Crippen molar-refractivity contribution in [1.82, 2.24) is 0 Å². The summed E-state index contributed by atoms with van der Waals surface area (Å²) in [5.41, 5.74) is 1.31. The molecule has 4 aliphatic rings. The lowest BCUT2D eigenvalue weighted by molar-refractivity contribution is -0.114. The fourth-order valence-corrected chi connectivity index (χ4v) is 10.3. The second kappa shape index (κ2) is 6.42. The first-order valence-electron chi connectivity index (χ1n) is 10.1. The van der Waals surface area contributed by atoms with Gasteiger partial charge in [0.1, 0.15) is 0 Å². The molecule has 0 unspecified atom stereocenters. The smallest absolute Gasteiger partial charge is 0.178 e. The largest absolute Gasteiger partial charge is 0.393 e. The molecule has 0 aromatic heterocycles. The van der Waals surface area contributed by atoms with Gasteiger partial charge < -0.3 is 5.11 Å². The van der Waals surface area contributed by atoms with Crippen LogP contribution in [0.3, 0.4) is 0 Å². The fraction of sp³-hybridized carbons (Fsp3) is 0.773. The molecule has 7 atom stereocenters. The summed E-state index contributed by atoms with van der Waals surface area (Å²) >= 11 is 4.15. The van der Waals surface area contributed by atoms with Crippen LogP contribution in [0, 0.1) is 28.6 Å². The van der Waals surface area contributed by atoms with Crippen molar-refractivity contribution < 1.29 is 9.90 Å². The lowest BCUT2D eigenvalue weighted by Crippen LogP contribution is -2.58. The maximum Gasteiger partial charge on any atom is 0.178 e. The number of hydrogen-bond donors (Lipinski definition) is 1. The summed E-state index contributed by atoms with van der Waals surface area (Å²) in [6.07, 6.45) is 13.3. The van der Waals surface area contributed by atoms with E-state index >= 15 is 0 Å². The summed E-state index contributed by atoms with van der Waals surface area (Å²) < 4.78 is 0.244. The average molecular weight is 393 g/mol. The van der Waals surface area contributed by atoms with Gasteiger partial charge in [0, 0.05) is 11.3 Å². The van der Waals surface area contributed by atoms with E-state index in [1.54, 1.807) is 6.08 Å². The molecule has 0 saturated heterocycles. The Labute approximate surface area is 166 Å². The van der Waals surface area contributed by atoms with Crippen molar-refractivity contribution >= 4 is 29.3 Å². The summed E-state index contributed by atoms with van der Waals surface area (Å²) in [5, 5.41) is 11.4. The number of rotatable bonds is 3. The van der Waals surface area contributed by atoms with Crippen molar-refractivity contribution in [1.29, 1.82) is 0 Å². The summed E-state index contributed by atoms with van der Waals surface area (Å²) in [6.45, 7) is 7.00. The minimum atomic E-state index is -0.283. The molecule has 3 fully saturated rings. The van der Waals surface area contributed by atoms with Crippen molar-refractivity contribution in [3.05, 3.63) is 23.8 Å². The van der Waals surface area contributed by atoms with Gasteiger partial charge in [-0.3, -0.25) is 4.79 Å². The van der Waals surface area contributed by atoms with Crippen LogP contribution in [0.15, 0.2) is 23.8 Å². The number of aliphatic hydroxyl groups is 1. The maximum atomic E-state index is 11.9. The topological polar surface area (TPSA) is 37.3 Å². The van der Waals surface area contributed by atoms with Crippen LogP contribution in [-0.2, 0) is 4.79 Å². The predicted octanol–water partition coefficient (Wildman–Crippen LogP) is 5.08. The van der Waals surface area contributed by atoms with Gasteiger partial charge in [0.15, 0.2) is 5.78 Å². The number of allylic oxidation sites excluding steroid dienone is 4. The summed E-state index contributed by atoms with van der Waals surface area (Å²) in [7, 11) is 0. The fourth-order valence-electron chi connectivity index (χ4n) is 7.14. The number of carbonyl (C=O) groups excluding carboxylic acids is 1. The number of aliphatic hydroxyl groups excluding tert-OH is 1. The highest BCUT2D eigenvalue weighted by molar-refractivity contribution is 8.18. The van der Waals surface area contributed by atoms with E-state index in [2.05, 4.69) is 44.9 Å². The van der Waals surface area contributed by atoms with Crippen LogP contribution >= 0.6 is 23.5 Å². The molecular weight excluding hydrogens is 360 g/mol. The minimum Gasteiger partial charge on any atom is -0.393 e.